The fraction of sp³-hybridized carbons (Fsp3) is 0.308. The highest BCUT2D eigenvalue weighted by Crippen LogP contribution is 2.39. The van der Waals surface area contributed by atoms with Crippen LogP contribution in [0.3, 0.4) is 0 Å². The van der Waals surface area contributed by atoms with Crippen molar-refractivity contribution in [3.63, 3.8) is 0 Å². The molecule has 0 amide bonds. The molecule has 110 valence electrons. The van der Waals surface area contributed by atoms with Crippen LogP contribution in [0, 0.1) is 0 Å². The van der Waals surface area contributed by atoms with Crippen LogP contribution in [0.5, 0.6) is 5.75 Å². The zero-order valence-electron chi connectivity index (χ0n) is 11.0. The minimum atomic E-state index is -4.61. The molecule has 0 aliphatic heterocycles. The van der Waals surface area contributed by atoms with Gasteiger partial charge in [0.2, 0.25) is 0 Å². The predicted octanol–water partition coefficient (Wildman–Crippen LogP) is 2.87. The molecular formula is C13H14F3NO3. The smallest absolute Gasteiger partial charge is 0.418 e. The molecule has 2 N–H and O–H groups in total. The summed E-state index contributed by atoms with van der Waals surface area (Å²) in [6.07, 6.45) is -2.37. The third-order valence-corrected chi connectivity index (χ3v) is 2.39. The van der Waals surface area contributed by atoms with Crippen molar-refractivity contribution in [3.8, 4) is 5.75 Å². The van der Waals surface area contributed by atoms with Crippen LogP contribution in [0.25, 0.3) is 6.08 Å². The Balaban J connectivity index is 3.19. The minimum Gasteiger partial charge on any atom is -0.495 e. The maximum absolute atomic E-state index is 12.8. The number of ether oxygens (including phenoxy) is 2. The number of hydrogen-bond donors (Lipinski definition) is 1. The number of halogens is 3. The van der Waals surface area contributed by atoms with E-state index in [0.29, 0.717) is 0 Å². The molecule has 0 unspecified atom stereocenters. The number of benzene rings is 1. The van der Waals surface area contributed by atoms with Gasteiger partial charge in [-0.25, -0.2) is 4.79 Å². The van der Waals surface area contributed by atoms with Crippen molar-refractivity contribution < 1.29 is 27.4 Å². The number of alkyl halides is 3. The van der Waals surface area contributed by atoms with Crippen molar-refractivity contribution in [2.24, 2.45) is 0 Å². The molecule has 0 saturated heterocycles. The second-order valence-corrected chi connectivity index (χ2v) is 3.77. The van der Waals surface area contributed by atoms with Gasteiger partial charge in [-0.1, -0.05) is 0 Å². The lowest BCUT2D eigenvalue weighted by atomic mass is 10.1. The van der Waals surface area contributed by atoms with E-state index in [2.05, 4.69) is 4.74 Å². The lowest BCUT2D eigenvalue weighted by molar-refractivity contribution is -0.137. The third-order valence-electron chi connectivity index (χ3n) is 2.39. The van der Waals surface area contributed by atoms with Crippen molar-refractivity contribution in [1.29, 1.82) is 0 Å². The van der Waals surface area contributed by atoms with Gasteiger partial charge in [-0.2, -0.15) is 13.2 Å². The number of methoxy groups -OCH3 is 1. The predicted molar refractivity (Wildman–Crippen MR) is 68.1 cm³/mol. The van der Waals surface area contributed by atoms with Crippen LogP contribution < -0.4 is 10.5 Å². The van der Waals surface area contributed by atoms with E-state index in [1.807, 2.05) is 0 Å². The first kappa shape index (κ1) is 15.9. The molecule has 0 bridgehead atoms. The van der Waals surface area contributed by atoms with Gasteiger partial charge in [0.15, 0.2) is 0 Å². The highest BCUT2D eigenvalue weighted by atomic mass is 19.4. The van der Waals surface area contributed by atoms with Crippen molar-refractivity contribution in [1.82, 2.24) is 0 Å². The molecule has 4 nitrogen and oxygen atoms in total. The molecule has 1 aromatic rings. The minimum absolute atomic E-state index is 0.108. The number of rotatable bonds is 4. The molecule has 0 aliphatic carbocycles. The maximum Gasteiger partial charge on any atom is 0.418 e. The molecule has 0 saturated carbocycles. The highest BCUT2D eigenvalue weighted by Gasteiger charge is 2.34. The zero-order valence-corrected chi connectivity index (χ0v) is 11.0. The quantitative estimate of drug-likeness (QED) is 0.526. The number of carbonyl (C=O) groups excluding carboxylic acids is 1. The van der Waals surface area contributed by atoms with Gasteiger partial charge in [0, 0.05) is 6.08 Å². The van der Waals surface area contributed by atoms with Gasteiger partial charge in [0.25, 0.3) is 0 Å². The van der Waals surface area contributed by atoms with E-state index >= 15 is 0 Å². The molecule has 1 rings (SSSR count). The SMILES string of the molecule is CCOC(=O)/C=C/c1cc(OC)c(N)c(C(F)(F)F)c1. The fourth-order valence-electron chi connectivity index (χ4n) is 1.50. The van der Waals surface area contributed by atoms with Crippen LogP contribution in [-0.2, 0) is 15.7 Å². The maximum atomic E-state index is 12.8. The highest BCUT2D eigenvalue weighted by molar-refractivity contribution is 5.87. The molecule has 1 aromatic carbocycles. The van der Waals surface area contributed by atoms with Gasteiger partial charge in [-0.05, 0) is 30.7 Å². The van der Waals surface area contributed by atoms with Crippen molar-refractivity contribution in [3.05, 3.63) is 29.3 Å². The second-order valence-electron chi connectivity index (χ2n) is 3.77. The number of carbonyl (C=O) groups is 1. The van der Waals surface area contributed by atoms with E-state index in [9.17, 15) is 18.0 Å². The molecule has 7 heteroatoms. The van der Waals surface area contributed by atoms with E-state index in [1.165, 1.54) is 19.3 Å². The Kier molecular flexibility index (Phi) is 5.01. The average molecular weight is 289 g/mol. The first-order valence-corrected chi connectivity index (χ1v) is 5.69. The fourth-order valence-corrected chi connectivity index (χ4v) is 1.50. The van der Waals surface area contributed by atoms with E-state index in [1.54, 1.807) is 6.92 Å². The van der Waals surface area contributed by atoms with Crippen LogP contribution in [0.2, 0.25) is 0 Å². The van der Waals surface area contributed by atoms with Crippen LogP contribution in [0.15, 0.2) is 18.2 Å². The Morgan fingerprint density at radius 1 is 1.40 bits per heavy atom. The van der Waals surface area contributed by atoms with Gasteiger partial charge in [0.1, 0.15) is 5.75 Å². The van der Waals surface area contributed by atoms with Crippen LogP contribution >= 0.6 is 0 Å². The number of esters is 1. The van der Waals surface area contributed by atoms with Gasteiger partial charge in [-0.3, -0.25) is 0 Å². The van der Waals surface area contributed by atoms with Crippen molar-refractivity contribution in [2.75, 3.05) is 19.5 Å². The Bertz CT molecular complexity index is 524. The summed E-state index contributed by atoms with van der Waals surface area (Å²) < 4.78 is 47.9. The Hall–Kier alpha value is -2.18. The Morgan fingerprint density at radius 2 is 2.05 bits per heavy atom. The standard InChI is InChI=1S/C13H14F3NO3/c1-3-20-11(18)5-4-8-6-9(13(14,15)16)12(17)10(7-8)19-2/h4-7H,3,17H2,1-2H3/b5-4+. The summed E-state index contributed by atoms with van der Waals surface area (Å²) in [5.41, 5.74) is 4.02. The molecule has 0 heterocycles. The molecular weight excluding hydrogens is 275 g/mol. The molecule has 0 spiro atoms. The second kappa shape index (κ2) is 6.31. The monoisotopic (exact) mass is 289 g/mol. The van der Waals surface area contributed by atoms with Gasteiger partial charge in [0.05, 0.1) is 25.0 Å². The van der Waals surface area contributed by atoms with Crippen LogP contribution in [0.4, 0.5) is 18.9 Å². The third kappa shape index (κ3) is 3.91. The topological polar surface area (TPSA) is 61.5 Å². The van der Waals surface area contributed by atoms with Gasteiger partial charge >= 0.3 is 12.1 Å². The summed E-state index contributed by atoms with van der Waals surface area (Å²) in [6.45, 7) is 1.81. The summed E-state index contributed by atoms with van der Waals surface area (Å²) in [5, 5.41) is 0. The largest absolute Gasteiger partial charge is 0.495 e. The first-order chi connectivity index (χ1) is 9.29. The molecule has 0 fully saturated rings. The molecule has 20 heavy (non-hydrogen) atoms. The van der Waals surface area contributed by atoms with E-state index < -0.39 is 23.4 Å². The number of anilines is 1. The van der Waals surface area contributed by atoms with E-state index in [4.69, 9.17) is 10.5 Å². The summed E-state index contributed by atoms with van der Waals surface area (Å²) in [6, 6.07) is 2.15. The van der Waals surface area contributed by atoms with Crippen LogP contribution in [-0.4, -0.2) is 19.7 Å². The van der Waals surface area contributed by atoms with E-state index in [0.717, 1.165) is 12.1 Å². The summed E-state index contributed by atoms with van der Waals surface area (Å²) in [7, 11) is 1.21. The van der Waals surface area contributed by atoms with Gasteiger partial charge < -0.3 is 15.2 Å². The molecule has 0 radical (unpaired) electrons. The normalized spacial score (nSPS) is 11.7. The lowest BCUT2D eigenvalue weighted by Crippen LogP contribution is -2.10. The van der Waals surface area contributed by atoms with Crippen molar-refractivity contribution >= 4 is 17.7 Å². The van der Waals surface area contributed by atoms with Crippen molar-refractivity contribution in [2.45, 2.75) is 13.1 Å². The first-order valence-electron chi connectivity index (χ1n) is 5.69. The summed E-state index contributed by atoms with van der Waals surface area (Å²) in [4.78, 5) is 11.1. The Labute approximate surface area is 114 Å². The molecule has 0 aliphatic rings. The molecule has 0 aromatic heterocycles. The van der Waals surface area contributed by atoms with Gasteiger partial charge in [-0.15, -0.1) is 0 Å². The number of nitrogens with two attached hydrogens (primary N) is 1. The number of nitrogen functional groups attached to an aromatic ring is 1. The summed E-state index contributed by atoms with van der Waals surface area (Å²) in [5.74, 6) is -0.750. The zero-order chi connectivity index (χ0) is 15.3. The molecule has 0 atom stereocenters. The number of hydrogen-bond acceptors (Lipinski definition) is 4. The summed E-state index contributed by atoms with van der Waals surface area (Å²) >= 11 is 0. The Morgan fingerprint density at radius 3 is 2.55 bits per heavy atom. The average Bonchev–Trinajstić information content (AvgIpc) is 2.36. The lowest BCUT2D eigenvalue weighted by Gasteiger charge is -2.14. The van der Waals surface area contributed by atoms with E-state index in [-0.39, 0.29) is 17.9 Å². The van der Waals surface area contributed by atoms with Crippen LogP contribution in [0.1, 0.15) is 18.1 Å².